The lowest BCUT2D eigenvalue weighted by Crippen LogP contribution is -2.16. The molecule has 1 aromatic carbocycles. The van der Waals surface area contributed by atoms with Crippen molar-refractivity contribution in [2.45, 2.75) is 0 Å². The van der Waals surface area contributed by atoms with Crippen LogP contribution in [0.25, 0.3) is 6.08 Å². The summed E-state index contributed by atoms with van der Waals surface area (Å²) in [7, 11) is 3.18. The molecular weight excluding hydrogens is 268 g/mol. The Labute approximate surface area is 123 Å². The van der Waals surface area contributed by atoms with Gasteiger partial charge in [0.15, 0.2) is 0 Å². The normalized spacial score (nSPS) is 10.4. The number of nitrogens with one attached hydrogen (secondary N) is 1. The van der Waals surface area contributed by atoms with Gasteiger partial charge in [0.05, 0.1) is 19.8 Å². The number of pyridine rings is 1. The molecule has 1 N–H and O–H groups in total. The molecule has 0 aliphatic carbocycles. The number of ether oxygens (including phenoxy) is 2. The average Bonchev–Trinajstić information content (AvgIpc) is 2.55. The maximum absolute atomic E-state index is 11.8. The first-order chi connectivity index (χ1) is 10.2. The van der Waals surface area contributed by atoms with Gasteiger partial charge in [-0.3, -0.25) is 9.78 Å². The van der Waals surface area contributed by atoms with Crippen LogP contribution in [0.5, 0.6) is 11.5 Å². The molecule has 0 aliphatic rings. The minimum absolute atomic E-state index is 0.216. The van der Waals surface area contributed by atoms with Crippen molar-refractivity contribution in [1.82, 2.24) is 10.3 Å². The lowest BCUT2D eigenvalue weighted by atomic mass is 10.2. The van der Waals surface area contributed by atoms with Crippen LogP contribution < -0.4 is 14.8 Å². The lowest BCUT2D eigenvalue weighted by Gasteiger charge is -2.07. The average molecular weight is 284 g/mol. The number of amides is 1. The predicted octanol–water partition coefficient (Wildman–Crippen LogP) is 2.50. The van der Waals surface area contributed by atoms with Crippen LogP contribution in [0.3, 0.4) is 0 Å². The van der Waals surface area contributed by atoms with Gasteiger partial charge < -0.3 is 14.8 Å². The first-order valence-electron chi connectivity index (χ1n) is 6.34. The molecule has 21 heavy (non-hydrogen) atoms. The highest BCUT2D eigenvalue weighted by Gasteiger charge is 2.04. The summed E-state index contributed by atoms with van der Waals surface area (Å²) in [4.78, 5) is 15.7. The minimum atomic E-state index is -0.216. The van der Waals surface area contributed by atoms with E-state index in [0.717, 1.165) is 5.56 Å². The molecule has 0 radical (unpaired) electrons. The summed E-state index contributed by atoms with van der Waals surface area (Å²) in [6, 6.07) is 8.87. The van der Waals surface area contributed by atoms with Crippen LogP contribution in [0.15, 0.2) is 48.9 Å². The maximum atomic E-state index is 11.8. The highest BCUT2D eigenvalue weighted by molar-refractivity contribution is 5.94. The Hall–Kier alpha value is -2.82. The number of hydrogen-bond acceptors (Lipinski definition) is 4. The monoisotopic (exact) mass is 284 g/mol. The Morgan fingerprint density at radius 1 is 1.24 bits per heavy atom. The Bertz CT molecular complexity index is 639. The number of rotatable bonds is 5. The fraction of sp³-hybridized carbons (Fsp3) is 0.125. The number of methoxy groups -OCH3 is 2. The summed E-state index contributed by atoms with van der Waals surface area (Å²) >= 11 is 0. The van der Waals surface area contributed by atoms with E-state index in [1.165, 1.54) is 6.20 Å². The van der Waals surface area contributed by atoms with Gasteiger partial charge in [0, 0.05) is 30.2 Å². The number of benzene rings is 1. The third kappa shape index (κ3) is 3.82. The quantitative estimate of drug-likeness (QED) is 0.916. The fourth-order valence-electron chi connectivity index (χ4n) is 1.74. The summed E-state index contributed by atoms with van der Waals surface area (Å²) in [6.07, 6.45) is 6.46. The van der Waals surface area contributed by atoms with Crippen molar-refractivity contribution in [3.8, 4) is 11.5 Å². The Kier molecular flexibility index (Phi) is 4.93. The topological polar surface area (TPSA) is 60.5 Å². The van der Waals surface area contributed by atoms with Crippen molar-refractivity contribution in [3.63, 3.8) is 0 Å². The third-order valence-corrected chi connectivity index (χ3v) is 2.84. The predicted molar refractivity (Wildman–Crippen MR) is 80.3 cm³/mol. The largest absolute Gasteiger partial charge is 0.497 e. The van der Waals surface area contributed by atoms with Crippen molar-refractivity contribution in [3.05, 3.63) is 60.1 Å². The molecule has 2 aromatic rings. The van der Waals surface area contributed by atoms with E-state index < -0.39 is 0 Å². The molecule has 108 valence electrons. The SMILES string of the molecule is COc1ccc(C=CNC(=O)c2cccnc2)c(OC)c1. The van der Waals surface area contributed by atoms with E-state index in [1.807, 2.05) is 12.1 Å². The van der Waals surface area contributed by atoms with Crippen LogP contribution in [-0.4, -0.2) is 25.1 Å². The van der Waals surface area contributed by atoms with Gasteiger partial charge >= 0.3 is 0 Å². The van der Waals surface area contributed by atoms with Crippen LogP contribution in [0.1, 0.15) is 15.9 Å². The molecule has 1 heterocycles. The van der Waals surface area contributed by atoms with Crippen LogP contribution in [0.2, 0.25) is 0 Å². The molecule has 0 saturated carbocycles. The first-order valence-corrected chi connectivity index (χ1v) is 6.34. The number of carbonyl (C=O) groups excluding carboxylic acids is 1. The lowest BCUT2D eigenvalue weighted by molar-refractivity contribution is 0.0970. The van der Waals surface area contributed by atoms with E-state index in [2.05, 4.69) is 10.3 Å². The molecule has 1 aromatic heterocycles. The van der Waals surface area contributed by atoms with E-state index in [1.54, 1.807) is 50.9 Å². The summed E-state index contributed by atoms with van der Waals surface area (Å²) in [5.41, 5.74) is 1.34. The summed E-state index contributed by atoms with van der Waals surface area (Å²) in [5.74, 6) is 1.16. The third-order valence-electron chi connectivity index (χ3n) is 2.84. The zero-order valence-corrected chi connectivity index (χ0v) is 11.9. The molecule has 2 rings (SSSR count). The van der Waals surface area contributed by atoms with E-state index in [9.17, 15) is 4.79 Å². The van der Waals surface area contributed by atoms with Crippen LogP contribution in [-0.2, 0) is 0 Å². The second kappa shape index (κ2) is 7.09. The molecule has 0 spiro atoms. The summed E-state index contributed by atoms with van der Waals surface area (Å²) in [6.45, 7) is 0. The molecule has 0 saturated heterocycles. The van der Waals surface area contributed by atoms with Gasteiger partial charge in [0.1, 0.15) is 11.5 Å². The number of aromatic nitrogens is 1. The standard InChI is InChI=1S/C16H16N2O3/c1-20-14-6-5-12(15(10-14)21-2)7-9-18-16(19)13-4-3-8-17-11-13/h3-11H,1-2H3,(H,18,19). The zero-order valence-electron chi connectivity index (χ0n) is 11.9. The number of carbonyl (C=O) groups is 1. The van der Waals surface area contributed by atoms with Crippen molar-refractivity contribution in [1.29, 1.82) is 0 Å². The molecule has 0 aliphatic heterocycles. The molecule has 0 fully saturated rings. The van der Waals surface area contributed by atoms with Crippen LogP contribution >= 0.6 is 0 Å². The van der Waals surface area contributed by atoms with Crippen molar-refractivity contribution in [2.24, 2.45) is 0 Å². The zero-order chi connectivity index (χ0) is 15.1. The Morgan fingerprint density at radius 2 is 2.10 bits per heavy atom. The van der Waals surface area contributed by atoms with Gasteiger partial charge in [-0.2, -0.15) is 0 Å². The van der Waals surface area contributed by atoms with Crippen LogP contribution in [0, 0.1) is 0 Å². The first kappa shape index (κ1) is 14.6. The second-order valence-electron chi connectivity index (χ2n) is 4.16. The Balaban J connectivity index is 2.06. The second-order valence-corrected chi connectivity index (χ2v) is 4.16. The van der Waals surface area contributed by atoms with E-state index in [4.69, 9.17) is 9.47 Å². The highest BCUT2D eigenvalue weighted by Crippen LogP contribution is 2.25. The van der Waals surface area contributed by atoms with Crippen molar-refractivity contribution in [2.75, 3.05) is 14.2 Å². The number of hydrogen-bond donors (Lipinski definition) is 1. The molecule has 0 atom stereocenters. The molecule has 0 bridgehead atoms. The fourth-order valence-corrected chi connectivity index (χ4v) is 1.74. The van der Waals surface area contributed by atoms with Gasteiger partial charge in [-0.05, 0) is 30.3 Å². The van der Waals surface area contributed by atoms with E-state index >= 15 is 0 Å². The number of nitrogens with zero attached hydrogens (tertiary/aromatic N) is 1. The molecule has 5 nitrogen and oxygen atoms in total. The highest BCUT2D eigenvalue weighted by atomic mass is 16.5. The molecular formula is C16H16N2O3. The molecule has 0 unspecified atom stereocenters. The maximum Gasteiger partial charge on any atom is 0.256 e. The van der Waals surface area contributed by atoms with Crippen LogP contribution in [0.4, 0.5) is 0 Å². The van der Waals surface area contributed by atoms with Crippen molar-refractivity contribution >= 4 is 12.0 Å². The molecule has 5 heteroatoms. The summed E-state index contributed by atoms with van der Waals surface area (Å²) < 4.78 is 10.4. The van der Waals surface area contributed by atoms with Gasteiger partial charge in [-0.1, -0.05) is 0 Å². The van der Waals surface area contributed by atoms with Gasteiger partial charge in [-0.25, -0.2) is 0 Å². The van der Waals surface area contributed by atoms with Gasteiger partial charge in [0.25, 0.3) is 5.91 Å². The minimum Gasteiger partial charge on any atom is -0.497 e. The smallest absolute Gasteiger partial charge is 0.256 e. The Morgan fingerprint density at radius 3 is 2.76 bits per heavy atom. The van der Waals surface area contributed by atoms with Gasteiger partial charge in [-0.15, -0.1) is 0 Å². The van der Waals surface area contributed by atoms with Gasteiger partial charge in [0.2, 0.25) is 0 Å². The van der Waals surface area contributed by atoms with Crippen molar-refractivity contribution < 1.29 is 14.3 Å². The summed E-state index contributed by atoms with van der Waals surface area (Å²) in [5, 5.41) is 2.68. The molecule has 1 amide bonds. The van der Waals surface area contributed by atoms with E-state index in [0.29, 0.717) is 17.1 Å². The van der Waals surface area contributed by atoms with E-state index in [-0.39, 0.29) is 5.91 Å².